The van der Waals surface area contributed by atoms with Gasteiger partial charge < -0.3 is 25.2 Å². The van der Waals surface area contributed by atoms with E-state index in [9.17, 15) is 20.4 Å². The molecule has 2 aliphatic rings. The van der Waals surface area contributed by atoms with Crippen molar-refractivity contribution >= 4 is 0 Å². The number of aromatic hydroxyl groups is 1. The molecule has 0 bridgehead atoms. The van der Waals surface area contributed by atoms with E-state index >= 15 is 0 Å². The number of allylic oxidation sites excluding steroid dienone is 1. The average Bonchev–Trinajstić information content (AvgIpc) is 2.39. The third kappa shape index (κ3) is 2.43. The van der Waals surface area contributed by atoms with Gasteiger partial charge in [-0.1, -0.05) is 12.1 Å². The van der Waals surface area contributed by atoms with Gasteiger partial charge in [-0.05, 0) is 29.8 Å². The van der Waals surface area contributed by atoms with E-state index in [1.54, 1.807) is 18.2 Å². The summed E-state index contributed by atoms with van der Waals surface area (Å²) in [4.78, 5) is 0. The van der Waals surface area contributed by atoms with E-state index in [1.807, 2.05) is 6.07 Å². The summed E-state index contributed by atoms with van der Waals surface area (Å²) >= 11 is 0. The Morgan fingerprint density at radius 1 is 1.25 bits per heavy atom. The van der Waals surface area contributed by atoms with Crippen LogP contribution in [0.25, 0.3) is 0 Å². The van der Waals surface area contributed by atoms with Crippen LogP contribution in [0.15, 0.2) is 47.7 Å². The molecule has 0 fully saturated rings. The first-order valence-corrected chi connectivity index (χ1v) is 6.45. The largest absolute Gasteiger partial charge is 0.508 e. The molecule has 1 aromatic rings. The van der Waals surface area contributed by atoms with Crippen molar-refractivity contribution < 1.29 is 25.2 Å². The molecule has 0 saturated carbocycles. The van der Waals surface area contributed by atoms with Crippen LogP contribution in [0.5, 0.6) is 5.75 Å². The number of rotatable bonds is 1. The lowest BCUT2D eigenvalue weighted by Gasteiger charge is -2.35. The van der Waals surface area contributed by atoms with Crippen molar-refractivity contribution in [3.63, 3.8) is 0 Å². The third-order valence-corrected chi connectivity index (χ3v) is 3.62. The molecule has 1 aromatic carbocycles. The van der Waals surface area contributed by atoms with Gasteiger partial charge >= 0.3 is 0 Å². The SMILES string of the molecule is Oc1cccc(C2CC(O)C3=C(C=CC(O)(O)C3)O2)c1. The number of hydrogen-bond acceptors (Lipinski definition) is 5. The second kappa shape index (κ2) is 4.63. The minimum atomic E-state index is -1.93. The zero-order valence-corrected chi connectivity index (χ0v) is 10.7. The van der Waals surface area contributed by atoms with Crippen LogP contribution in [0.4, 0.5) is 0 Å². The van der Waals surface area contributed by atoms with Crippen LogP contribution >= 0.6 is 0 Å². The van der Waals surface area contributed by atoms with E-state index in [-0.39, 0.29) is 18.3 Å². The maximum absolute atomic E-state index is 10.2. The van der Waals surface area contributed by atoms with E-state index in [0.717, 1.165) is 5.56 Å². The van der Waals surface area contributed by atoms with Gasteiger partial charge in [-0.2, -0.15) is 0 Å². The number of phenolic OH excluding ortho intramolecular Hbond substituents is 1. The van der Waals surface area contributed by atoms with Crippen molar-refractivity contribution in [1.29, 1.82) is 0 Å². The standard InChI is InChI=1S/C15H16O5/c16-10-3-1-2-9(6-10)14-7-12(17)11-8-15(18,19)5-4-13(11)20-14/h1-6,12,14,16-19H,7-8H2. The molecule has 2 unspecified atom stereocenters. The molecule has 0 amide bonds. The summed E-state index contributed by atoms with van der Waals surface area (Å²) in [7, 11) is 0. The van der Waals surface area contributed by atoms with E-state index < -0.39 is 11.9 Å². The quantitative estimate of drug-likeness (QED) is 0.577. The molecule has 1 heterocycles. The fourth-order valence-electron chi connectivity index (χ4n) is 2.62. The molecule has 0 saturated heterocycles. The van der Waals surface area contributed by atoms with Crippen LogP contribution in [0, 0.1) is 0 Å². The summed E-state index contributed by atoms with van der Waals surface area (Å²) < 4.78 is 5.79. The van der Waals surface area contributed by atoms with E-state index in [0.29, 0.717) is 17.8 Å². The molecule has 5 heteroatoms. The van der Waals surface area contributed by atoms with Crippen molar-refractivity contribution in [3.8, 4) is 5.75 Å². The highest BCUT2D eigenvalue weighted by atomic mass is 16.5. The number of phenols is 1. The second-order valence-corrected chi connectivity index (χ2v) is 5.23. The number of benzene rings is 1. The first kappa shape index (κ1) is 13.2. The number of ether oxygens (including phenoxy) is 1. The van der Waals surface area contributed by atoms with Crippen LogP contribution in [0.2, 0.25) is 0 Å². The second-order valence-electron chi connectivity index (χ2n) is 5.23. The third-order valence-electron chi connectivity index (χ3n) is 3.62. The highest BCUT2D eigenvalue weighted by Crippen LogP contribution is 2.40. The Kier molecular flexibility index (Phi) is 3.05. The normalized spacial score (nSPS) is 27.9. The fraction of sp³-hybridized carbons (Fsp3) is 0.333. The number of aliphatic hydroxyl groups is 3. The first-order valence-electron chi connectivity index (χ1n) is 6.45. The molecular formula is C15H16O5. The Morgan fingerprint density at radius 3 is 2.80 bits per heavy atom. The lowest BCUT2D eigenvalue weighted by molar-refractivity contribution is -0.124. The predicted octanol–water partition coefficient (Wildman–Crippen LogP) is 1.11. The van der Waals surface area contributed by atoms with Crippen LogP contribution in [0.1, 0.15) is 24.5 Å². The molecule has 5 nitrogen and oxygen atoms in total. The molecule has 0 aromatic heterocycles. The highest BCUT2D eigenvalue weighted by Gasteiger charge is 2.36. The zero-order chi connectivity index (χ0) is 14.3. The zero-order valence-electron chi connectivity index (χ0n) is 10.7. The molecule has 1 aliphatic heterocycles. The molecule has 1 aliphatic carbocycles. The van der Waals surface area contributed by atoms with Gasteiger partial charge in [0.05, 0.1) is 6.10 Å². The lowest BCUT2D eigenvalue weighted by atomic mass is 9.88. The summed E-state index contributed by atoms with van der Waals surface area (Å²) in [5.41, 5.74) is 1.27. The summed E-state index contributed by atoms with van der Waals surface area (Å²) in [6.07, 6.45) is 1.79. The molecule has 0 radical (unpaired) electrons. The molecule has 2 atom stereocenters. The van der Waals surface area contributed by atoms with Crippen molar-refractivity contribution in [3.05, 3.63) is 53.3 Å². The van der Waals surface area contributed by atoms with Gasteiger partial charge in [0.2, 0.25) is 0 Å². The minimum absolute atomic E-state index is 0.0627. The molecule has 106 valence electrons. The Balaban J connectivity index is 1.88. The maximum Gasteiger partial charge on any atom is 0.187 e. The Morgan fingerprint density at radius 2 is 2.05 bits per heavy atom. The summed E-state index contributed by atoms with van der Waals surface area (Å²) in [6, 6.07) is 6.70. The van der Waals surface area contributed by atoms with Gasteiger partial charge in [0, 0.05) is 18.4 Å². The van der Waals surface area contributed by atoms with Gasteiger partial charge in [-0.25, -0.2) is 0 Å². The maximum atomic E-state index is 10.2. The van der Waals surface area contributed by atoms with Crippen molar-refractivity contribution in [2.45, 2.75) is 30.8 Å². The Hall–Kier alpha value is -1.82. The average molecular weight is 276 g/mol. The molecule has 3 rings (SSSR count). The topological polar surface area (TPSA) is 90.2 Å². The summed E-state index contributed by atoms with van der Waals surface area (Å²) in [5, 5.41) is 38.9. The number of hydrogen-bond donors (Lipinski definition) is 4. The van der Waals surface area contributed by atoms with E-state index in [2.05, 4.69) is 0 Å². The monoisotopic (exact) mass is 276 g/mol. The molecular weight excluding hydrogens is 260 g/mol. The summed E-state index contributed by atoms with van der Waals surface area (Å²) in [5.74, 6) is -1.32. The fourth-order valence-corrected chi connectivity index (χ4v) is 2.62. The molecule has 4 N–H and O–H groups in total. The van der Waals surface area contributed by atoms with Gasteiger partial charge in [-0.15, -0.1) is 0 Å². The Labute approximate surface area is 116 Å². The van der Waals surface area contributed by atoms with Crippen molar-refractivity contribution in [2.24, 2.45) is 0 Å². The van der Waals surface area contributed by atoms with Crippen LogP contribution in [0.3, 0.4) is 0 Å². The summed E-state index contributed by atoms with van der Waals surface area (Å²) in [6.45, 7) is 0. The smallest absolute Gasteiger partial charge is 0.187 e. The number of aliphatic hydroxyl groups excluding tert-OH is 1. The van der Waals surface area contributed by atoms with Crippen LogP contribution in [-0.2, 0) is 4.74 Å². The predicted molar refractivity (Wildman–Crippen MR) is 70.5 cm³/mol. The first-order chi connectivity index (χ1) is 9.44. The van der Waals surface area contributed by atoms with Gasteiger partial charge in [0.1, 0.15) is 17.6 Å². The van der Waals surface area contributed by atoms with Gasteiger partial charge in [0.25, 0.3) is 0 Å². The van der Waals surface area contributed by atoms with Gasteiger partial charge in [0.15, 0.2) is 5.79 Å². The van der Waals surface area contributed by atoms with Crippen LogP contribution < -0.4 is 0 Å². The molecule has 20 heavy (non-hydrogen) atoms. The molecule has 0 spiro atoms. The van der Waals surface area contributed by atoms with Crippen LogP contribution in [-0.4, -0.2) is 32.3 Å². The van der Waals surface area contributed by atoms with Crippen molar-refractivity contribution in [2.75, 3.05) is 0 Å². The Bertz CT molecular complexity index is 588. The van der Waals surface area contributed by atoms with E-state index in [1.165, 1.54) is 12.2 Å². The highest BCUT2D eigenvalue weighted by molar-refractivity contribution is 5.36. The van der Waals surface area contributed by atoms with Gasteiger partial charge in [-0.3, -0.25) is 0 Å². The minimum Gasteiger partial charge on any atom is -0.508 e. The van der Waals surface area contributed by atoms with E-state index in [4.69, 9.17) is 4.74 Å². The lowest BCUT2D eigenvalue weighted by Crippen LogP contribution is -2.35. The van der Waals surface area contributed by atoms with Crippen molar-refractivity contribution in [1.82, 2.24) is 0 Å².